The molecule has 0 aromatic heterocycles. The number of hydrogen-bond donors (Lipinski definition) is 1. The van der Waals surface area contributed by atoms with Crippen molar-refractivity contribution in [3.8, 4) is 0 Å². The Balaban J connectivity index is 0.00000132. The second kappa shape index (κ2) is 9.80. The lowest BCUT2D eigenvalue weighted by molar-refractivity contribution is 0.0213. The summed E-state index contributed by atoms with van der Waals surface area (Å²) in [6, 6.07) is 6.04. The maximum absolute atomic E-state index is 13.6. The second-order valence-electron chi connectivity index (χ2n) is 6.19. The summed E-state index contributed by atoms with van der Waals surface area (Å²) in [5, 5.41) is 3.42. The highest BCUT2D eigenvalue weighted by Gasteiger charge is 2.31. The van der Waals surface area contributed by atoms with Gasteiger partial charge in [-0.1, -0.05) is 12.1 Å². The number of nitrogens with zero attached hydrogens (tertiary/aromatic N) is 1. The first-order valence-corrected chi connectivity index (χ1v) is 8.04. The van der Waals surface area contributed by atoms with E-state index >= 15 is 0 Å². The first-order chi connectivity index (χ1) is 10.3. The van der Waals surface area contributed by atoms with E-state index in [-0.39, 0.29) is 30.6 Å². The van der Waals surface area contributed by atoms with Gasteiger partial charge in [-0.2, -0.15) is 0 Å². The quantitative estimate of drug-likeness (QED) is 0.889. The van der Waals surface area contributed by atoms with Gasteiger partial charge in [0.25, 0.3) is 0 Å². The molecule has 0 aliphatic carbocycles. The number of nitrogens with one attached hydrogen (secondary N) is 1. The SMILES string of the molecule is Cc1cc([C@@H](C2CCOCC2)N2CCNCC2)ccc1F.Cl.Cl. The molecule has 0 saturated carbocycles. The van der Waals surface area contributed by atoms with E-state index in [4.69, 9.17) is 4.74 Å². The molecule has 2 aliphatic heterocycles. The van der Waals surface area contributed by atoms with Crippen LogP contribution in [0, 0.1) is 18.7 Å². The fourth-order valence-electron chi connectivity index (χ4n) is 3.62. The van der Waals surface area contributed by atoms with E-state index in [1.807, 2.05) is 19.1 Å². The summed E-state index contributed by atoms with van der Waals surface area (Å²) in [6.07, 6.45) is 2.20. The van der Waals surface area contributed by atoms with E-state index in [0.717, 1.165) is 57.8 Å². The molecule has 1 aromatic carbocycles. The van der Waals surface area contributed by atoms with Gasteiger partial charge in [0.05, 0.1) is 0 Å². The van der Waals surface area contributed by atoms with E-state index in [2.05, 4.69) is 10.2 Å². The lowest BCUT2D eigenvalue weighted by Crippen LogP contribution is -2.47. The lowest BCUT2D eigenvalue weighted by Gasteiger charge is -2.41. The van der Waals surface area contributed by atoms with Crippen LogP contribution < -0.4 is 5.32 Å². The Morgan fingerprint density at radius 1 is 1.17 bits per heavy atom. The molecule has 3 nitrogen and oxygen atoms in total. The smallest absolute Gasteiger partial charge is 0.126 e. The van der Waals surface area contributed by atoms with Crippen LogP contribution in [0.15, 0.2) is 18.2 Å². The first-order valence-electron chi connectivity index (χ1n) is 8.04. The van der Waals surface area contributed by atoms with Crippen LogP contribution in [0.5, 0.6) is 0 Å². The van der Waals surface area contributed by atoms with Gasteiger partial charge in [0.15, 0.2) is 0 Å². The van der Waals surface area contributed by atoms with Crippen molar-refractivity contribution in [2.45, 2.75) is 25.8 Å². The molecule has 2 fully saturated rings. The van der Waals surface area contributed by atoms with E-state index in [9.17, 15) is 4.39 Å². The van der Waals surface area contributed by atoms with Crippen LogP contribution in [-0.2, 0) is 4.74 Å². The van der Waals surface area contributed by atoms with Crippen molar-refractivity contribution < 1.29 is 9.13 Å². The molecule has 23 heavy (non-hydrogen) atoms. The van der Waals surface area contributed by atoms with Gasteiger partial charge in [0, 0.05) is 45.4 Å². The normalized spacial score (nSPS) is 21.1. The largest absolute Gasteiger partial charge is 0.381 e. The number of piperazine rings is 1. The molecule has 1 atom stereocenters. The molecule has 2 saturated heterocycles. The molecule has 0 unspecified atom stereocenters. The molecule has 2 aliphatic rings. The number of rotatable bonds is 3. The molecular formula is C17H27Cl2FN2O. The summed E-state index contributed by atoms with van der Waals surface area (Å²) in [6.45, 7) is 7.79. The standard InChI is InChI=1S/C17H25FN2O.2ClH/c1-13-12-15(2-3-16(13)18)17(14-4-10-21-11-5-14)20-8-6-19-7-9-20;;/h2-3,12,14,17,19H,4-11H2,1H3;2*1H/t17-;;/m1../s1. The minimum absolute atomic E-state index is 0. The average Bonchev–Trinajstić information content (AvgIpc) is 2.53. The van der Waals surface area contributed by atoms with Gasteiger partial charge in [0.1, 0.15) is 5.82 Å². The van der Waals surface area contributed by atoms with Gasteiger partial charge in [-0.25, -0.2) is 4.39 Å². The molecule has 6 heteroatoms. The fourth-order valence-corrected chi connectivity index (χ4v) is 3.62. The van der Waals surface area contributed by atoms with Gasteiger partial charge in [-0.3, -0.25) is 4.90 Å². The van der Waals surface area contributed by atoms with Crippen LogP contribution in [0.4, 0.5) is 4.39 Å². The van der Waals surface area contributed by atoms with E-state index in [1.165, 1.54) is 5.56 Å². The highest BCUT2D eigenvalue weighted by Crippen LogP contribution is 2.35. The van der Waals surface area contributed by atoms with Crippen molar-refractivity contribution in [1.82, 2.24) is 10.2 Å². The summed E-state index contributed by atoms with van der Waals surface area (Å²) in [4.78, 5) is 2.57. The summed E-state index contributed by atoms with van der Waals surface area (Å²) in [7, 11) is 0. The van der Waals surface area contributed by atoms with Crippen molar-refractivity contribution in [3.63, 3.8) is 0 Å². The molecule has 1 N–H and O–H groups in total. The van der Waals surface area contributed by atoms with Crippen molar-refractivity contribution in [3.05, 3.63) is 35.1 Å². The van der Waals surface area contributed by atoms with E-state index < -0.39 is 0 Å². The third-order valence-electron chi connectivity index (χ3n) is 4.78. The topological polar surface area (TPSA) is 24.5 Å². The molecule has 2 heterocycles. The maximum Gasteiger partial charge on any atom is 0.126 e. The number of aryl methyl sites for hydroxylation is 1. The van der Waals surface area contributed by atoms with Gasteiger partial charge >= 0.3 is 0 Å². The van der Waals surface area contributed by atoms with Crippen molar-refractivity contribution in [1.29, 1.82) is 0 Å². The Morgan fingerprint density at radius 3 is 2.43 bits per heavy atom. The Bertz CT molecular complexity index is 460. The predicted molar refractivity (Wildman–Crippen MR) is 96.4 cm³/mol. The molecular weight excluding hydrogens is 338 g/mol. The molecule has 0 amide bonds. The van der Waals surface area contributed by atoms with Gasteiger partial charge in [-0.05, 0) is 42.9 Å². The van der Waals surface area contributed by atoms with Crippen molar-refractivity contribution >= 4 is 24.8 Å². The van der Waals surface area contributed by atoms with Gasteiger partial charge in [-0.15, -0.1) is 24.8 Å². The highest BCUT2D eigenvalue weighted by atomic mass is 35.5. The van der Waals surface area contributed by atoms with E-state index in [0.29, 0.717) is 12.0 Å². The monoisotopic (exact) mass is 364 g/mol. The van der Waals surface area contributed by atoms with Crippen LogP contribution >= 0.6 is 24.8 Å². The summed E-state index contributed by atoms with van der Waals surface area (Å²) in [5.41, 5.74) is 2.02. The summed E-state index contributed by atoms with van der Waals surface area (Å²) < 4.78 is 19.1. The average molecular weight is 365 g/mol. The van der Waals surface area contributed by atoms with Crippen LogP contribution in [0.25, 0.3) is 0 Å². The third-order valence-corrected chi connectivity index (χ3v) is 4.78. The molecule has 0 spiro atoms. The number of benzene rings is 1. The third kappa shape index (κ3) is 5.04. The molecule has 0 radical (unpaired) electrons. The minimum Gasteiger partial charge on any atom is -0.381 e. The lowest BCUT2D eigenvalue weighted by atomic mass is 9.85. The molecule has 132 valence electrons. The van der Waals surface area contributed by atoms with Crippen LogP contribution in [0.3, 0.4) is 0 Å². The summed E-state index contributed by atoms with van der Waals surface area (Å²) >= 11 is 0. The van der Waals surface area contributed by atoms with Crippen molar-refractivity contribution in [2.75, 3.05) is 39.4 Å². The van der Waals surface area contributed by atoms with Crippen LogP contribution in [0.1, 0.15) is 30.0 Å². The van der Waals surface area contributed by atoms with Crippen LogP contribution in [-0.4, -0.2) is 44.3 Å². The highest BCUT2D eigenvalue weighted by molar-refractivity contribution is 5.85. The Labute approximate surface area is 150 Å². The minimum atomic E-state index is -0.107. The van der Waals surface area contributed by atoms with Crippen LogP contribution in [0.2, 0.25) is 0 Å². The predicted octanol–water partition coefficient (Wildman–Crippen LogP) is 3.35. The zero-order chi connectivity index (χ0) is 14.7. The molecule has 1 aromatic rings. The van der Waals surface area contributed by atoms with Crippen molar-refractivity contribution in [2.24, 2.45) is 5.92 Å². The van der Waals surface area contributed by atoms with E-state index in [1.54, 1.807) is 6.07 Å². The second-order valence-corrected chi connectivity index (χ2v) is 6.19. The number of halogens is 3. The maximum atomic E-state index is 13.6. The Kier molecular flexibility index (Phi) is 8.80. The molecule has 0 bridgehead atoms. The number of hydrogen-bond acceptors (Lipinski definition) is 3. The number of ether oxygens (including phenoxy) is 1. The summed E-state index contributed by atoms with van der Waals surface area (Å²) in [5.74, 6) is 0.506. The first kappa shape index (κ1) is 20.7. The Hall–Kier alpha value is -0.390. The van der Waals surface area contributed by atoms with Gasteiger partial charge < -0.3 is 10.1 Å². The molecule has 3 rings (SSSR count). The fraction of sp³-hybridized carbons (Fsp3) is 0.647. The zero-order valence-electron chi connectivity index (χ0n) is 13.6. The zero-order valence-corrected chi connectivity index (χ0v) is 15.2. The van der Waals surface area contributed by atoms with Gasteiger partial charge in [0.2, 0.25) is 0 Å². The Morgan fingerprint density at radius 2 is 1.83 bits per heavy atom.